The maximum atomic E-state index is 12.6. The highest BCUT2D eigenvalue weighted by Gasteiger charge is 2.28. The third kappa shape index (κ3) is 5.94. The van der Waals surface area contributed by atoms with Crippen LogP contribution in [0.2, 0.25) is 5.02 Å². The van der Waals surface area contributed by atoms with Crippen molar-refractivity contribution in [2.75, 3.05) is 13.7 Å². The number of ether oxygens (including phenoxy) is 2. The van der Waals surface area contributed by atoms with Gasteiger partial charge in [0.05, 0.1) is 6.61 Å². The summed E-state index contributed by atoms with van der Waals surface area (Å²) in [4.78, 5) is 11.0. The van der Waals surface area contributed by atoms with Crippen LogP contribution in [0.4, 0.5) is 0 Å². The first-order chi connectivity index (χ1) is 11.2. The third-order valence-electron chi connectivity index (χ3n) is 3.10. The molecule has 1 aromatic rings. The summed E-state index contributed by atoms with van der Waals surface area (Å²) in [6.07, 6.45) is 0.297. The molecule has 9 heteroatoms. The lowest BCUT2D eigenvalue weighted by Gasteiger charge is -2.19. The minimum absolute atomic E-state index is 0.0806. The van der Waals surface area contributed by atoms with Crippen LogP contribution in [0.5, 0.6) is 5.75 Å². The van der Waals surface area contributed by atoms with Crippen molar-refractivity contribution in [3.8, 4) is 5.75 Å². The number of nitrogens with one attached hydrogen (secondary N) is 1. The van der Waals surface area contributed by atoms with Gasteiger partial charge in [0.1, 0.15) is 22.8 Å². The fourth-order valence-corrected chi connectivity index (χ4v) is 3.67. The Balaban J connectivity index is 3.17. The summed E-state index contributed by atoms with van der Waals surface area (Å²) in [6, 6.07) is 2.93. The average molecular weight is 380 g/mol. The van der Waals surface area contributed by atoms with Gasteiger partial charge in [-0.2, -0.15) is 4.72 Å². The normalized spacial score (nSPS) is 14.2. The highest BCUT2D eigenvalue weighted by Crippen LogP contribution is 2.28. The SMILES string of the molecule is CCCC(NS(=O)(=O)c1cc(Cl)ccc1OC(C)COC)C(=O)O. The van der Waals surface area contributed by atoms with Crippen LogP contribution in [0.15, 0.2) is 23.1 Å². The van der Waals surface area contributed by atoms with E-state index in [4.69, 9.17) is 26.2 Å². The molecule has 2 N–H and O–H groups in total. The van der Waals surface area contributed by atoms with Gasteiger partial charge in [-0.05, 0) is 31.5 Å². The minimum atomic E-state index is -4.12. The van der Waals surface area contributed by atoms with Gasteiger partial charge in [-0.1, -0.05) is 24.9 Å². The molecular formula is C15H22ClNO6S. The van der Waals surface area contributed by atoms with Crippen LogP contribution >= 0.6 is 11.6 Å². The predicted molar refractivity (Wildman–Crippen MR) is 90.1 cm³/mol. The van der Waals surface area contributed by atoms with Crippen LogP contribution < -0.4 is 9.46 Å². The zero-order chi connectivity index (χ0) is 18.3. The molecule has 0 aliphatic rings. The zero-order valence-electron chi connectivity index (χ0n) is 13.8. The van der Waals surface area contributed by atoms with Crippen molar-refractivity contribution in [2.45, 2.75) is 43.7 Å². The number of benzene rings is 1. The molecule has 136 valence electrons. The van der Waals surface area contributed by atoms with Crippen LogP contribution in [0.1, 0.15) is 26.7 Å². The number of aliphatic carboxylic acids is 1. The van der Waals surface area contributed by atoms with Crippen LogP contribution in [-0.4, -0.2) is 45.4 Å². The van der Waals surface area contributed by atoms with E-state index in [0.29, 0.717) is 6.42 Å². The Kier molecular flexibility index (Phi) is 7.95. The molecule has 0 fully saturated rings. The largest absolute Gasteiger partial charge is 0.487 e. The summed E-state index contributed by atoms with van der Waals surface area (Å²) in [5, 5.41) is 9.35. The summed E-state index contributed by atoms with van der Waals surface area (Å²) < 4.78 is 37.9. The lowest BCUT2D eigenvalue weighted by atomic mass is 10.2. The van der Waals surface area contributed by atoms with Gasteiger partial charge in [-0.25, -0.2) is 8.42 Å². The van der Waals surface area contributed by atoms with Crippen molar-refractivity contribution >= 4 is 27.6 Å². The first kappa shape index (κ1) is 20.7. The maximum absolute atomic E-state index is 12.6. The van der Waals surface area contributed by atoms with E-state index in [2.05, 4.69) is 4.72 Å². The second-order valence-electron chi connectivity index (χ2n) is 5.28. The van der Waals surface area contributed by atoms with Crippen LogP contribution in [0.3, 0.4) is 0 Å². The Morgan fingerprint density at radius 2 is 2.08 bits per heavy atom. The molecule has 0 aliphatic heterocycles. The Morgan fingerprint density at radius 1 is 1.42 bits per heavy atom. The standard InChI is InChI=1S/C15H22ClNO6S/c1-4-5-12(15(18)19)17-24(20,21)14-8-11(16)6-7-13(14)23-10(2)9-22-3/h6-8,10,12,17H,4-5,9H2,1-3H3,(H,18,19). The van der Waals surface area contributed by atoms with Gasteiger partial charge in [0.2, 0.25) is 10.0 Å². The molecule has 0 aliphatic carbocycles. The van der Waals surface area contributed by atoms with Crippen LogP contribution in [-0.2, 0) is 19.6 Å². The van der Waals surface area contributed by atoms with Gasteiger partial charge in [-0.3, -0.25) is 4.79 Å². The van der Waals surface area contributed by atoms with Gasteiger partial charge in [0, 0.05) is 12.1 Å². The number of carboxylic acid groups (broad SMARTS) is 1. The van der Waals surface area contributed by atoms with Gasteiger partial charge in [0.15, 0.2) is 0 Å². The highest BCUT2D eigenvalue weighted by atomic mass is 35.5. The number of sulfonamides is 1. The minimum Gasteiger partial charge on any atom is -0.487 e. The zero-order valence-corrected chi connectivity index (χ0v) is 15.4. The fraction of sp³-hybridized carbons (Fsp3) is 0.533. The van der Waals surface area contributed by atoms with Crippen molar-refractivity contribution in [3.05, 3.63) is 23.2 Å². The topological polar surface area (TPSA) is 102 Å². The molecule has 7 nitrogen and oxygen atoms in total. The fourth-order valence-electron chi connectivity index (χ4n) is 2.05. The monoisotopic (exact) mass is 379 g/mol. The molecule has 0 saturated carbocycles. The van der Waals surface area contributed by atoms with Gasteiger partial charge in [-0.15, -0.1) is 0 Å². The van der Waals surface area contributed by atoms with E-state index < -0.39 is 28.1 Å². The number of halogens is 1. The predicted octanol–water partition coefficient (Wildman–Crippen LogP) is 2.29. The molecule has 0 bridgehead atoms. The molecular weight excluding hydrogens is 358 g/mol. The second kappa shape index (κ2) is 9.22. The van der Waals surface area contributed by atoms with E-state index in [1.54, 1.807) is 13.8 Å². The Morgan fingerprint density at radius 3 is 2.62 bits per heavy atom. The van der Waals surface area contributed by atoms with Gasteiger partial charge in [0.25, 0.3) is 0 Å². The lowest BCUT2D eigenvalue weighted by Crippen LogP contribution is -2.40. The van der Waals surface area contributed by atoms with Crippen molar-refractivity contribution in [2.24, 2.45) is 0 Å². The van der Waals surface area contributed by atoms with E-state index >= 15 is 0 Å². The second-order valence-corrected chi connectivity index (χ2v) is 7.39. The smallest absolute Gasteiger partial charge is 0.321 e. The molecule has 0 spiro atoms. The Hall–Kier alpha value is -1.35. The molecule has 0 heterocycles. The van der Waals surface area contributed by atoms with Crippen molar-refractivity contribution in [1.82, 2.24) is 4.72 Å². The van der Waals surface area contributed by atoms with Gasteiger partial charge >= 0.3 is 5.97 Å². The van der Waals surface area contributed by atoms with Crippen LogP contribution in [0.25, 0.3) is 0 Å². The maximum Gasteiger partial charge on any atom is 0.321 e. The van der Waals surface area contributed by atoms with Crippen molar-refractivity contribution in [3.63, 3.8) is 0 Å². The van der Waals surface area contributed by atoms with E-state index in [1.165, 1.54) is 25.3 Å². The summed E-state index contributed by atoms with van der Waals surface area (Å²) in [6.45, 7) is 3.76. The Bertz CT molecular complexity index is 664. The van der Waals surface area contributed by atoms with E-state index in [-0.39, 0.29) is 28.7 Å². The highest BCUT2D eigenvalue weighted by molar-refractivity contribution is 7.89. The van der Waals surface area contributed by atoms with Crippen molar-refractivity contribution < 1.29 is 27.8 Å². The number of hydrogen-bond acceptors (Lipinski definition) is 5. The summed E-state index contributed by atoms with van der Waals surface area (Å²) >= 11 is 5.89. The molecule has 1 aromatic carbocycles. The van der Waals surface area contributed by atoms with Gasteiger partial charge < -0.3 is 14.6 Å². The first-order valence-corrected chi connectivity index (χ1v) is 9.27. The molecule has 2 atom stereocenters. The number of methoxy groups -OCH3 is 1. The first-order valence-electron chi connectivity index (χ1n) is 7.41. The number of carboxylic acids is 1. The van der Waals surface area contributed by atoms with Crippen molar-refractivity contribution in [1.29, 1.82) is 0 Å². The van der Waals surface area contributed by atoms with E-state index in [0.717, 1.165) is 0 Å². The number of hydrogen-bond donors (Lipinski definition) is 2. The van der Waals surface area contributed by atoms with Crippen LogP contribution in [0, 0.1) is 0 Å². The summed E-state index contributed by atoms with van der Waals surface area (Å²) in [7, 11) is -2.62. The van der Waals surface area contributed by atoms with E-state index in [9.17, 15) is 13.2 Å². The quantitative estimate of drug-likeness (QED) is 0.646. The molecule has 0 saturated heterocycles. The molecule has 0 radical (unpaired) electrons. The van der Waals surface area contributed by atoms with E-state index in [1.807, 2.05) is 0 Å². The molecule has 0 amide bonds. The Labute approximate surface area is 147 Å². The summed E-state index contributed by atoms with van der Waals surface area (Å²) in [5.74, 6) is -1.16. The molecule has 2 unspecified atom stereocenters. The summed E-state index contributed by atoms with van der Waals surface area (Å²) in [5.41, 5.74) is 0. The third-order valence-corrected chi connectivity index (χ3v) is 4.83. The number of carbonyl (C=O) groups is 1. The molecule has 24 heavy (non-hydrogen) atoms. The molecule has 0 aromatic heterocycles. The molecule has 1 rings (SSSR count). The average Bonchev–Trinajstić information content (AvgIpc) is 2.48. The number of rotatable bonds is 10. The lowest BCUT2D eigenvalue weighted by molar-refractivity contribution is -0.139.